The van der Waals surface area contributed by atoms with Gasteiger partial charge < -0.3 is 19.9 Å². The number of hydrogen-bond acceptors (Lipinski definition) is 5. The minimum Gasteiger partial charge on any atom is -0.505 e. The van der Waals surface area contributed by atoms with Crippen LogP contribution < -0.4 is 14.8 Å². The van der Waals surface area contributed by atoms with Crippen LogP contribution in [0.15, 0.2) is 72.9 Å². The molecule has 1 aromatic heterocycles. The van der Waals surface area contributed by atoms with Crippen LogP contribution in [-0.4, -0.2) is 29.7 Å². The first-order valence-electron chi connectivity index (χ1n) is 10.3. The monoisotopic (exact) mass is 462 g/mol. The van der Waals surface area contributed by atoms with Gasteiger partial charge in [0, 0.05) is 17.1 Å². The summed E-state index contributed by atoms with van der Waals surface area (Å²) in [6.07, 6.45) is 1.58. The molecular formula is C26H23ClN2O4. The van der Waals surface area contributed by atoms with Crippen LogP contribution in [0, 0.1) is 6.92 Å². The van der Waals surface area contributed by atoms with Crippen molar-refractivity contribution in [3.8, 4) is 17.2 Å². The van der Waals surface area contributed by atoms with E-state index < -0.39 is 6.04 Å². The Morgan fingerprint density at radius 2 is 1.79 bits per heavy atom. The molecule has 0 saturated heterocycles. The van der Waals surface area contributed by atoms with Gasteiger partial charge in [-0.2, -0.15) is 0 Å². The average molecular weight is 463 g/mol. The van der Waals surface area contributed by atoms with Gasteiger partial charge in [0.1, 0.15) is 22.8 Å². The van der Waals surface area contributed by atoms with Crippen LogP contribution in [0.1, 0.15) is 22.7 Å². The summed E-state index contributed by atoms with van der Waals surface area (Å²) in [5, 5.41) is 15.0. The number of halogens is 1. The Balaban J connectivity index is 1.66. The highest BCUT2D eigenvalue weighted by Gasteiger charge is 2.23. The molecule has 0 radical (unpaired) electrons. The number of nitrogens with zero attached hydrogens (tertiary/aromatic N) is 1. The molecule has 7 heteroatoms. The van der Waals surface area contributed by atoms with E-state index in [4.69, 9.17) is 21.1 Å². The minimum atomic E-state index is -0.686. The number of phenols is 1. The number of pyridine rings is 1. The Hall–Kier alpha value is -3.77. The van der Waals surface area contributed by atoms with Crippen molar-refractivity contribution < 1.29 is 19.4 Å². The zero-order valence-corrected chi connectivity index (χ0v) is 19.0. The van der Waals surface area contributed by atoms with Gasteiger partial charge in [-0.25, -0.2) is 0 Å². The molecule has 1 amide bonds. The van der Waals surface area contributed by atoms with Crippen LogP contribution in [0.2, 0.25) is 5.02 Å². The number of rotatable bonds is 7. The Morgan fingerprint density at radius 3 is 2.48 bits per heavy atom. The molecule has 33 heavy (non-hydrogen) atoms. The molecule has 0 fully saturated rings. The number of aromatic hydroxyl groups is 1. The first-order valence-corrected chi connectivity index (χ1v) is 10.7. The lowest BCUT2D eigenvalue weighted by Crippen LogP contribution is -2.33. The maximum Gasteiger partial charge on any atom is 0.258 e. The predicted molar refractivity (Wildman–Crippen MR) is 128 cm³/mol. The summed E-state index contributed by atoms with van der Waals surface area (Å²) < 4.78 is 10.9. The predicted octanol–water partition coefficient (Wildman–Crippen LogP) is 5.20. The van der Waals surface area contributed by atoms with E-state index in [1.807, 2.05) is 43.3 Å². The first kappa shape index (κ1) is 22.4. The molecule has 4 aromatic rings. The molecule has 2 N–H and O–H groups in total. The van der Waals surface area contributed by atoms with Gasteiger partial charge in [0.05, 0.1) is 18.2 Å². The Morgan fingerprint density at radius 1 is 1.09 bits per heavy atom. The van der Waals surface area contributed by atoms with Gasteiger partial charge >= 0.3 is 0 Å². The van der Waals surface area contributed by atoms with E-state index in [9.17, 15) is 9.90 Å². The first-order chi connectivity index (χ1) is 16.0. The molecule has 0 bridgehead atoms. The molecule has 168 valence electrons. The third kappa shape index (κ3) is 5.02. The average Bonchev–Trinajstić information content (AvgIpc) is 2.85. The summed E-state index contributed by atoms with van der Waals surface area (Å²) >= 11 is 6.50. The number of aryl methyl sites for hydroxylation is 1. The van der Waals surface area contributed by atoms with E-state index in [1.54, 1.807) is 43.6 Å². The van der Waals surface area contributed by atoms with Crippen molar-refractivity contribution in [2.45, 2.75) is 13.0 Å². The second-order valence-electron chi connectivity index (χ2n) is 7.57. The van der Waals surface area contributed by atoms with E-state index >= 15 is 0 Å². The molecule has 6 nitrogen and oxygen atoms in total. The van der Waals surface area contributed by atoms with E-state index in [0.29, 0.717) is 33.0 Å². The number of ether oxygens (including phenoxy) is 2. The number of hydrogen-bond donors (Lipinski definition) is 2. The Bertz CT molecular complexity index is 1270. The number of benzene rings is 3. The summed E-state index contributed by atoms with van der Waals surface area (Å²) in [6, 6.07) is 19.2. The zero-order chi connectivity index (χ0) is 23.4. The molecule has 1 heterocycles. The quantitative estimate of drug-likeness (QED) is 0.395. The van der Waals surface area contributed by atoms with Crippen molar-refractivity contribution in [3.63, 3.8) is 0 Å². The SMILES string of the molecule is COc1ccc(C(NC(=O)COc2ccc(C)cc2)c2cc(Cl)c3cccnc3c2O)cc1. The third-order valence-electron chi connectivity index (χ3n) is 5.30. The smallest absolute Gasteiger partial charge is 0.258 e. The molecule has 1 unspecified atom stereocenters. The second-order valence-corrected chi connectivity index (χ2v) is 7.98. The Labute approximate surface area is 196 Å². The van der Waals surface area contributed by atoms with Gasteiger partial charge in [-0.1, -0.05) is 41.4 Å². The fourth-order valence-corrected chi connectivity index (χ4v) is 3.82. The fraction of sp³-hybridized carbons (Fsp3) is 0.154. The fourth-order valence-electron chi connectivity index (χ4n) is 3.55. The van der Waals surface area contributed by atoms with Gasteiger partial charge in [-0.3, -0.25) is 9.78 Å². The number of carbonyl (C=O) groups is 1. The van der Waals surface area contributed by atoms with Gasteiger partial charge in [0.15, 0.2) is 6.61 Å². The number of amides is 1. The molecule has 0 spiro atoms. The van der Waals surface area contributed by atoms with Crippen molar-refractivity contribution >= 4 is 28.4 Å². The van der Waals surface area contributed by atoms with Crippen LogP contribution in [0.5, 0.6) is 17.2 Å². The molecule has 0 aliphatic rings. The van der Waals surface area contributed by atoms with E-state index in [2.05, 4.69) is 10.3 Å². The van der Waals surface area contributed by atoms with Crippen LogP contribution in [-0.2, 0) is 4.79 Å². The standard InChI is InChI=1S/C26H23ClN2O4/c1-16-5-9-19(10-6-16)33-15-23(30)29-24(17-7-11-18(32-2)12-8-17)21-14-22(27)20-4-3-13-28-25(20)26(21)31/h3-14,24,31H,15H2,1-2H3,(H,29,30). The highest BCUT2D eigenvalue weighted by molar-refractivity contribution is 6.35. The number of carbonyl (C=O) groups excluding carboxylic acids is 1. The molecular weight excluding hydrogens is 440 g/mol. The lowest BCUT2D eigenvalue weighted by Gasteiger charge is -2.22. The molecule has 3 aromatic carbocycles. The lowest BCUT2D eigenvalue weighted by atomic mass is 9.96. The van der Waals surface area contributed by atoms with Crippen molar-refractivity contribution in [2.75, 3.05) is 13.7 Å². The van der Waals surface area contributed by atoms with Gasteiger partial charge in [-0.05, 0) is 55.0 Å². The maximum absolute atomic E-state index is 12.8. The molecule has 0 aliphatic heterocycles. The zero-order valence-electron chi connectivity index (χ0n) is 18.2. The summed E-state index contributed by atoms with van der Waals surface area (Å²) in [4.78, 5) is 17.1. The van der Waals surface area contributed by atoms with Gasteiger partial charge in [-0.15, -0.1) is 0 Å². The normalized spacial score (nSPS) is 11.7. The molecule has 0 aliphatic carbocycles. The summed E-state index contributed by atoms with van der Waals surface area (Å²) in [7, 11) is 1.58. The number of phenolic OH excluding ortho intramolecular Hbond substituents is 1. The minimum absolute atomic E-state index is 0.0458. The van der Waals surface area contributed by atoms with E-state index in [-0.39, 0.29) is 18.3 Å². The number of aromatic nitrogens is 1. The summed E-state index contributed by atoms with van der Waals surface area (Å²) in [5.74, 6) is 0.870. The summed E-state index contributed by atoms with van der Waals surface area (Å²) in [6.45, 7) is 1.79. The van der Waals surface area contributed by atoms with E-state index in [0.717, 1.165) is 11.1 Å². The summed E-state index contributed by atoms with van der Waals surface area (Å²) in [5.41, 5.74) is 2.63. The largest absolute Gasteiger partial charge is 0.505 e. The lowest BCUT2D eigenvalue weighted by molar-refractivity contribution is -0.123. The number of methoxy groups -OCH3 is 1. The van der Waals surface area contributed by atoms with Crippen molar-refractivity contribution in [1.29, 1.82) is 0 Å². The van der Waals surface area contributed by atoms with Crippen LogP contribution in [0.25, 0.3) is 10.9 Å². The van der Waals surface area contributed by atoms with Crippen molar-refractivity contribution in [2.24, 2.45) is 0 Å². The van der Waals surface area contributed by atoms with Crippen molar-refractivity contribution in [1.82, 2.24) is 10.3 Å². The topological polar surface area (TPSA) is 80.7 Å². The highest BCUT2D eigenvalue weighted by Crippen LogP contribution is 2.38. The van der Waals surface area contributed by atoms with Crippen molar-refractivity contribution in [3.05, 3.63) is 94.6 Å². The second kappa shape index (κ2) is 9.79. The van der Waals surface area contributed by atoms with Gasteiger partial charge in [0.2, 0.25) is 0 Å². The number of fused-ring (bicyclic) bond motifs is 1. The van der Waals surface area contributed by atoms with Crippen LogP contribution in [0.4, 0.5) is 0 Å². The molecule has 0 saturated carbocycles. The highest BCUT2D eigenvalue weighted by atomic mass is 35.5. The van der Waals surface area contributed by atoms with Gasteiger partial charge in [0.25, 0.3) is 5.91 Å². The molecule has 1 atom stereocenters. The Kier molecular flexibility index (Phi) is 6.66. The third-order valence-corrected chi connectivity index (χ3v) is 5.61. The van der Waals surface area contributed by atoms with E-state index in [1.165, 1.54) is 0 Å². The number of nitrogens with one attached hydrogen (secondary N) is 1. The van der Waals surface area contributed by atoms with Crippen LogP contribution in [0.3, 0.4) is 0 Å². The molecule has 4 rings (SSSR count). The van der Waals surface area contributed by atoms with Crippen LogP contribution >= 0.6 is 11.6 Å². The maximum atomic E-state index is 12.8.